The number of rotatable bonds is 5. The lowest BCUT2D eigenvalue weighted by molar-refractivity contribution is -0.355. The van der Waals surface area contributed by atoms with Crippen molar-refractivity contribution in [2.45, 2.75) is 38.3 Å². The monoisotopic (exact) mass is 392 g/mol. The second-order valence-corrected chi connectivity index (χ2v) is 6.67. The highest BCUT2D eigenvalue weighted by atomic mass is 19.4. The molecular weight excluding hydrogens is 373 g/mol. The van der Waals surface area contributed by atoms with Gasteiger partial charge in [0.2, 0.25) is 5.91 Å². The quantitative estimate of drug-likeness (QED) is 0.821. The van der Waals surface area contributed by atoms with Crippen molar-refractivity contribution in [3.63, 3.8) is 0 Å². The number of hydrogen-bond acceptors (Lipinski definition) is 4. The summed E-state index contributed by atoms with van der Waals surface area (Å²) in [4.78, 5) is 16.3. The van der Waals surface area contributed by atoms with Crippen LogP contribution in [0, 0.1) is 6.92 Å². The van der Waals surface area contributed by atoms with Crippen LogP contribution in [-0.2, 0) is 22.6 Å². The van der Waals surface area contributed by atoms with Gasteiger partial charge in [0.1, 0.15) is 0 Å². The van der Waals surface area contributed by atoms with Gasteiger partial charge in [-0.1, -0.05) is 53.7 Å². The smallest absolute Gasteiger partial charge is 0.352 e. The van der Waals surface area contributed by atoms with E-state index in [4.69, 9.17) is 0 Å². The number of carbonyl (C=O) groups excluding carboxylic acids is 1. The first-order valence-electron chi connectivity index (χ1n) is 8.63. The lowest BCUT2D eigenvalue weighted by atomic mass is 10.0. The minimum Gasteiger partial charge on any atom is -0.352 e. The van der Waals surface area contributed by atoms with Crippen LogP contribution in [-0.4, -0.2) is 28.7 Å². The van der Waals surface area contributed by atoms with Gasteiger partial charge >= 0.3 is 12.0 Å². The minimum atomic E-state index is -4.93. The molecule has 0 aliphatic carbocycles. The van der Waals surface area contributed by atoms with Crippen molar-refractivity contribution in [2.75, 3.05) is 0 Å². The van der Waals surface area contributed by atoms with E-state index in [0.29, 0.717) is 12.1 Å². The van der Waals surface area contributed by atoms with Gasteiger partial charge in [0, 0.05) is 6.54 Å². The number of aryl methyl sites for hydroxylation is 1. The van der Waals surface area contributed by atoms with Crippen LogP contribution in [0.25, 0.3) is 0 Å². The lowest BCUT2D eigenvalue weighted by Gasteiger charge is -2.22. The largest absolute Gasteiger partial charge is 0.458 e. The molecule has 0 saturated heterocycles. The Morgan fingerprint density at radius 3 is 2.50 bits per heavy atom. The van der Waals surface area contributed by atoms with Crippen molar-refractivity contribution < 1.29 is 27.9 Å². The number of oxime groups is 1. The zero-order chi connectivity index (χ0) is 20.4. The Kier molecular flexibility index (Phi) is 5.42. The van der Waals surface area contributed by atoms with Crippen molar-refractivity contribution >= 4 is 11.6 Å². The SMILES string of the molecule is Cc1ccccc1CC(=O)NCc1ccc(C2=NOC(O)(C(F)(F)F)C2)cc1. The van der Waals surface area contributed by atoms with Crippen LogP contribution in [0.4, 0.5) is 13.2 Å². The van der Waals surface area contributed by atoms with E-state index in [0.717, 1.165) is 16.7 Å². The van der Waals surface area contributed by atoms with Crippen LogP contribution in [0.3, 0.4) is 0 Å². The number of benzene rings is 2. The first-order valence-corrected chi connectivity index (χ1v) is 8.63. The Morgan fingerprint density at radius 1 is 1.21 bits per heavy atom. The van der Waals surface area contributed by atoms with E-state index < -0.39 is 18.4 Å². The fraction of sp³-hybridized carbons (Fsp3) is 0.300. The number of halogens is 3. The fourth-order valence-corrected chi connectivity index (χ4v) is 2.79. The molecule has 8 heteroatoms. The molecule has 148 valence electrons. The molecule has 1 unspecified atom stereocenters. The van der Waals surface area contributed by atoms with E-state index in [9.17, 15) is 23.1 Å². The predicted octanol–water partition coefficient (Wildman–Crippen LogP) is 3.23. The van der Waals surface area contributed by atoms with Crippen molar-refractivity contribution in [3.05, 3.63) is 70.8 Å². The predicted molar refractivity (Wildman–Crippen MR) is 96.4 cm³/mol. The molecule has 0 aromatic heterocycles. The number of nitrogens with one attached hydrogen (secondary N) is 1. The molecule has 2 aromatic rings. The summed E-state index contributed by atoms with van der Waals surface area (Å²) in [6.45, 7) is 2.23. The molecule has 5 nitrogen and oxygen atoms in total. The van der Waals surface area contributed by atoms with Crippen LogP contribution >= 0.6 is 0 Å². The summed E-state index contributed by atoms with van der Waals surface area (Å²) in [7, 11) is 0. The minimum absolute atomic E-state index is 0.00923. The Bertz CT molecular complexity index is 894. The third-order valence-corrected chi connectivity index (χ3v) is 4.55. The van der Waals surface area contributed by atoms with Crippen LogP contribution in [0.5, 0.6) is 0 Å². The van der Waals surface area contributed by atoms with Crippen LogP contribution < -0.4 is 5.32 Å². The first kappa shape index (κ1) is 19.9. The summed E-state index contributed by atoms with van der Waals surface area (Å²) in [6, 6.07) is 14.1. The molecule has 2 N–H and O–H groups in total. The third-order valence-electron chi connectivity index (χ3n) is 4.55. The highest BCUT2D eigenvalue weighted by molar-refractivity contribution is 6.01. The first-order chi connectivity index (χ1) is 13.2. The highest BCUT2D eigenvalue weighted by Gasteiger charge is 2.60. The zero-order valence-electron chi connectivity index (χ0n) is 15.1. The maximum Gasteiger partial charge on any atom is 0.458 e. The molecule has 0 fully saturated rings. The van der Waals surface area contributed by atoms with E-state index in [1.165, 1.54) is 0 Å². The molecular formula is C20H19F3N2O3. The van der Waals surface area contributed by atoms with E-state index in [1.807, 2.05) is 31.2 Å². The van der Waals surface area contributed by atoms with Crippen LogP contribution in [0.2, 0.25) is 0 Å². The molecule has 0 spiro atoms. The second-order valence-electron chi connectivity index (χ2n) is 6.67. The maximum absolute atomic E-state index is 12.8. The Morgan fingerprint density at radius 2 is 1.89 bits per heavy atom. The number of amides is 1. The molecule has 2 aromatic carbocycles. The van der Waals surface area contributed by atoms with Crippen molar-refractivity contribution in [1.29, 1.82) is 0 Å². The van der Waals surface area contributed by atoms with Crippen molar-refractivity contribution in [1.82, 2.24) is 5.32 Å². The van der Waals surface area contributed by atoms with Gasteiger partial charge in [0.15, 0.2) is 0 Å². The summed E-state index contributed by atoms with van der Waals surface area (Å²) in [5.41, 5.74) is 3.20. The summed E-state index contributed by atoms with van der Waals surface area (Å²) < 4.78 is 38.3. The molecule has 1 aliphatic rings. The van der Waals surface area contributed by atoms with E-state index >= 15 is 0 Å². The standard InChI is InChI=1S/C20H19F3N2O3/c1-13-4-2-3-5-16(13)10-18(26)24-12-14-6-8-15(9-7-14)17-11-19(27,28-25-17)20(21,22)23/h2-9,27H,10-12H2,1H3,(H,24,26). The lowest BCUT2D eigenvalue weighted by Crippen LogP contribution is -2.45. The Balaban J connectivity index is 1.55. The summed E-state index contributed by atoms with van der Waals surface area (Å²) in [6.07, 6.45) is -5.43. The van der Waals surface area contributed by atoms with Crippen LogP contribution in [0.1, 0.15) is 28.7 Å². The Hall–Kier alpha value is -2.87. The number of nitrogens with zero attached hydrogens (tertiary/aromatic N) is 1. The highest BCUT2D eigenvalue weighted by Crippen LogP contribution is 2.38. The molecule has 0 saturated carbocycles. The van der Waals surface area contributed by atoms with Gasteiger partial charge in [-0.2, -0.15) is 13.2 Å². The third kappa shape index (κ3) is 4.33. The molecule has 1 aliphatic heterocycles. The summed E-state index contributed by atoms with van der Waals surface area (Å²) in [5.74, 6) is -3.41. The second kappa shape index (κ2) is 7.63. The van der Waals surface area contributed by atoms with Gasteiger partial charge in [-0.15, -0.1) is 0 Å². The van der Waals surface area contributed by atoms with Gasteiger partial charge in [-0.05, 0) is 29.2 Å². The fourth-order valence-electron chi connectivity index (χ4n) is 2.79. The Labute approximate surface area is 159 Å². The summed E-state index contributed by atoms with van der Waals surface area (Å²) in [5, 5.41) is 15.7. The number of aliphatic hydroxyl groups is 1. The molecule has 1 atom stereocenters. The average Bonchev–Trinajstić information content (AvgIpc) is 3.06. The van der Waals surface area contributed by atoms with Gasteiger partial charge in [0.05, 0.1) is 18.6 Å². The molecule has 3 rings (SSSR count). The van der Waals surface area contributed by atoms with E-state index in [1.54, 1.807) is 24.3 Å². The average molecular weight is 392 g/mol. The molecule has 0 radical (unpaired) electrons. The maximum atomic E-state index is 12.8. The van der Waals surface area contributed by atoms with E-state index in [2.05, 4.69) is 15.3 Å². The van der Waals surface area contributed by atoms with Gasteiger partial charge in [-0.25, -0.2) is 0 Å². The molecule has 1 heterocycles. The van der Waals surface area contributed by atoms with Gasteiger partial charge in [0.25, 0.3) is 0 Å². The van der Waals surface area contributed by atoms with Gasteiger partial charge in [-0.3, -0.25) is 4.79 Å². The van der Waals surface area contributed by atoms with E-state index in [-0.39, 0.29) is 18.0 Å². The summed E-state index contributed by atoms with van der Waals surface area (Å²) >= 11 is 0. The number of alkyl halides is 3. The zero-order valence-corrected chi connectivity index (χ0v) is 15.1. The topological polar surface area (TPSA) is 70.9 Å². The van der Waals surface area contributed by atoms with Crippen molar-refractivity contribution in [2.24, 2.45) is 5.16 Å². The van der Waals surface area contributed by atoms with Crippen LogP contribution in [0.15, 0.2) is 53.7 Å². The van der Waals surface area contributed by atoms with Gasteiger partial charge < -0.3 is 15.3 Å². The normalized spacial score (nSPS) is 19.1. The van der Waals surface area contributed by atoms with Crippen molar-refractivity contribution in [3.8, 4) is 0 Å². The number of carbonyl (C=O) groups is 1. The number of hydrogen-bond donors (Lipinski definition) is 2. The molecule has 0 bridgehead atoms. The molecule has 28 heavy (non-hydrogen) atoms. The molecule has 1 amide bonds.